The maximum absolute atomic E-state index is 11.3. The fourth-order valence-corrected chi connectivity index (χ4v) is 4.78. The molecule has 1 aliphatic heterocycles. The van der Waals surface area contributed by atoms with Crippen LogP contribution in [-0.4, -0.2) is 44.7 Å². The summed E-state index contributed by atoms with van der Waals surface area (Å²) in [6.07, 6.45) is 5.05. The lowest BCUT2D eigenvalue weighted by atomic mass is 9.99. The number of likely N-dealkylation sites (tertiary alicyclic amines) is 1. The second-order valence-electron chi connectivity index (χ2n) is 9.52. The average molecular weight is 487 g/mol. The number of benzene rings is 2. The van der Waals surface area contributed by atoms with Gasteiger partial charge in [0, 0.05) is 30.5 Å². The number of carboxylic acid groups (broad SMARTS) is 1. The number of carbonyl (C=O) groups is 1. The number of carboxylic acids is 1. The maximum atomic E-state index is 11.3. The lowest BCUT2D eigenvalue weighted by molar-refractivity contribution is -0.141. The Kier molecular flexibility index (Phi) is 8.10. The number of oxime groups is 1. The van der Waals surface area contributed by atoms with E-state index in [-0.39, 0.29) is 5.92 Å². The lowest BCUT2D eigenvalue weighted by Crippen LogP contribution is -2.23. The molecule has 0 bridgehead atoms. The van der Waals surface area contributed by atoms with Crippen LogP contribution in [0.2, 0.25) is 0 Å². The number of aliphatic carboxylic acids is 1. The highest BCUT2D eigenvalue weighted by molar-refractivity contribution is 5.98. The van der Waals surface area contributed by atoms with Gasteiger partial charge < -0.3 is 9.94 Å². The molecule has 2 aromatic carbocycles. The first-order valence-electron chi connectivity index (χ1n) is 12.5. The van der Waals surface area contributed by atoms with E-state index in [0.29, 0.717) is 13.2 Å². The monoisotopic (exact) mass is 486 g/mol. The molecule has 7 nitrogen and oxygen atoms in total. The number of hydrogen-bond donors (Lipinski definition) is 1. The fraction of sp³-hybridized carbons (Fsp3) is 0.379. The number of aromatic nitrogens is 2. The van der Waals surface area contributed by atoms with Gasteiger partial charge in [0.05, 0.1) is 11.6 Å². The third-order valence-electron chi connectivity index (χ3n) is 6.95. The van der Waals surface area contributed by atoms with Crippen LogP contribution in [-0.2, 0) is 29.2 Å². The number of nitrogens with zero attached hydrogens (tertiary/aromatic N) is 4. The van der Waals surface area contributed by atoms with Crippen LogP contribution in [0.3, 0.4) is 0 Å². The smallest absolute Gasteiger partial charge is 0.307 e. The van der Waals surface area contributed by atoms with E-state index in [1.54, 1.807) is 6.33 Å². The van der Waals surface area contributed by atoms with Crippen LogP contribution in [0.15, 0.2) is 54.1 Å². The molecule has 1 atom stereocenters. The van der Waals surface area contributed by atoms with Crippen LogP contribution >= 0.6 is 0 Å². The van der Waals surface area contributed by atoms with E-state index in [2.05, 4.69) is 70.3 Å². The van der Waals surface area contributed by atoms with Crippen molar-refractivity contribution >= 4 is 11.7 Å². The zero-order valence-electron chi connectivity index (χ0n) is 21.5. The molecule has 1 N–H and O–H groups in total. The Labute approximate surface area is 212 Å². The van der Waals surface area contributed by atoms with Gasteiger partial charge in [-0.3, -0.25) is 9.69 Å². The summed E-state index contributed by atoms with van der Waals surface area (Å²) in [7, 11) is 0. The Morgan fingerprint density at radius 2 is 2.00 bits per heavy atom. The predicted octanol–water partition coefficient (Wildman–Crippen LogP) is 5.17. The molecule has 0 amide bonds. The van der Waals surface area contributed by atoms with Crippen LogP contribution in [0.25, 0.3) is 11.1 Å². The molecule has 36 heavy (non-hydrogen) atoms. The van der Waals surface area contributed by atoms with E-state index in [4.69, 9.17) is 4.84 Å². The van der Waals surface area contributed by atoms with Gasteiger partial charge in [-0.15, -0.1) is 0 Å². The van der Waals surface area contributed by atoms with Gasteiger partial charge in [-0.2, -0.15) is 0 Å². The summed E-state index contributed by atoms with van der Waals surface area (Å²) < 4.78 is 0. The zero-order valence-corrected chi connectivity index (χ0v) is 21.5. The Morgan fingerprint density at radius 3 is 2.69 bits per heavy atom. The minimum Gasteiger partial charge on any atom is -0.481 e. The summed E-state index contributed by atoms with van der Waals surface area (Å²) in [4.78, 5) is 27.7. The van der Waals surface area contributed by atoms with Crippen LogP contribution < -0.4 is 0 Å². The molecule has 0 radical (unpaired) electrons. The quantitative estimate of drug-likeness (QED) is 0.332. The summed E-state index contributed by atoms with van der Waals surface area (Å²) in [6.45, 7) is 10.8. The summed E-state index contributed by atoms with van der Waals surface area (Å²) >= 11 is 0. The van der Waals surface area contributed by atoms with Crippen molar-refractivity contribution in [1.82, 2.24) is 14.9 Å². The Bertz CT molecular complexity index is 1270. The molecular weight excluding hydrogens is 452 g/mol. The molecule has 0 aliphatic carbocycles. The first-order chi connectivity index (χ1) is 17.4. The van der Waals surface area contributed by atoms with Crippen molar-refractivity contribution in [1.29, 1.82) is 0 Å². The van der Waals surface area contributed by atoms with Gasteiger partial charge in [-0.05, 0) is 79.6 Å². The zero-order chi connectivity index (χ0) is 25.7. The highest BCUT2D eigenvalue weighted by atomic mass is 16.6. The third-order valence-corrected chi connectivity index (χ3v) is 6.95. The molecule has 1 aromatic heterocycles. The van der Waals surface area contributed by atoms with Crippen LogP contribution in [0.1, 0.15) is 53.8 Å². The molecule has 4 rings (SSSR count). The van der Waals surface area contributed by atoms with E-state index in [9.17, 15) is 9.90 Å². The number of hydrogen-bond acceptors (Lipinski definition) is 6. The van der Waals surface area contributed by atoms with Crippen molar-refractivity contribution in [3.63, 3.8) is 0 Å². The second-order valence-corrected chi connectivity index (χ2v) is 9.52. The van der Waals surface area contributed by atoms with Gasteiger partial charge in [-0.1, -0.05) is 42.4 Å². The molecule has 2 heterocycles. The highest BCUT2D eigenvalue weighted by Crippen LogP contribution is 2.26. The molecule has 1 aliphatic rings. The molecule has 7 heteroatoms. The minimum atomic E-state index is -0.692. The fourth-order valence-electron chi connectivity index (χ4n) is 4.78. The lowest BCUT2D eigenvalue weighted by Gasteiger charge is -2.18. The van der Waals surface area contributed by atoms with Gasteiger partial charge in [-0.25, -0.2) is 9.97 Å². The maximum Gasteiger partial charge on any atom is 0.307 e. The van der Waals surface area contributed by atoms with Gasteiger partial charge in [0.15, 0.2) is 0 Å². The summed E-state index contributed by atoms with van der Waals surface area (Å²) in [5.74, 6) is -0.945. The van der Waals surface area contributed by atoms with E-state index in [0.717, 1.165) is 65.2 Å². The van der Waals surface area contributed by atoms with Crippen LogP contribution in [0, 0.1) is 19.8 Å². The van der Waals surface area contributed by atoms with Crippen molar-refractivity contribution in [3.8, 4) is 11.1 Å². The average Bonchev–Trinajstić information content (AvgIpc) is 3.34. The molecular formula is C29H34N4O3. The normalized spacial score (nSPS) is 16.3. The SMILES string of the molecule is CCc1cc(/C(C)=N/OCc2ccc(-c3cncnc3C)c(C)c2)ccc1CN1CC[C@H](C(=O)O)C1. The Morgan fingerprint density at radius 1 is 1.17 bits per heavy atom. The van der Waals surface area contributed by atoms with E-state index in [1.807, 2.05) is 20.0 Å². The second kappa shape index (κ2) is 11.4. The van der Waals surface area contributed by atoms with E-state index in [1.165, 1.54) is 11.1 Å². The Balaban J connectivity index is 1.39. The largest absolute Gasteiger partial charge is 0.481 e. The molecule has 0 unspecified atom stereocenters. The highest BCUT2D eigenvalue weighted by Gasteiger charge is 2.28. The predicted molar refractivity (Wildman–Crippen MR) is 141 cm³/mol. The van der Waals surface area contributed by atoms with E-state index >= 15 is 0 Å². The summed E-state index contributed by atoms with van der Waals surface area (Å²) in [6, 6.07) is 12.6. The van der Waals surface area contributed by atoms with Gasteiger partial charge in [0.1, 0.15) is 12.9 Å². The van der Waals surface area contributed by atoms with Gasteiger partial charge in [0.2, 0.25) is 0 Å². The molecule has 1 fully saturated rings. The standard InChI is InChI=1S/C29H34N4O3/c1-5-23-13-24(7-8-25(23)15-33-11-10-26(16-33)29(34)35)20(3)32-36-17-22-6-9-27(19(2)12-22)28-14-30-18-31-21(28)4/h6-9,12-14,18,26H,5,10-11,15-17H2,1-4H3,(H,34,35)/b32-20+/t26-/m0/s1. The van der Waals surface area contributed by atoms with Gasteiger partial charge in [0.25, 0.3) is 0 Å². The Hall–Kier alpha value is -3.58. The third kappa shape index (κ3) is 5.97. The first kappa shape index (κ1) is 25.5. The topological polar surface area (TPSA) is 87.9 Å². The van der Waals surface area contributed by atoms with Crippen molar-refractivity contribution in [2.75, 3.05) is 13.1 Å². The molecule has 0 spiro atoms. The van der Waals surface area contributed by atoms with Crippen molar-refractivity contribution < 1.29 is 14.7 Å². The van der Waals surface area contributed by atoms with Crippen LogP contribution in [0.5, 0.6) is 0 Å². The first-order valence-corrected chi connectivity index (χ1v) is 12.5. The van der Waals surface area contributed by atoms with Crippen molar-refractivity contribution in [2.45, 2.75) is 53.7 Å². The van der Waals surface area contributed by atoms with Crippen molar-refractivity contribution in [2.24, 2.45) is 11.1 Å². The molecule has 188 valence electrons. The van der Waals surface area contributed by atoms with Crippen LogP contribution in [0.4, 0.5) is 0 Å². The molecule has 3 aromatic rings. The molecule has 0 saturated carbocycles. The number of aryl methyl sites for hydroxylation is 3. The molecule has 1 saturated heterocycles. The van der Waals surface area contributed by atoms with Gasteiger partial charge >= 0.3 is 5.97 Å². The minimum absolute atomic E-state index is 0.252. The summed E-state index contributed by atoms with van der Waals surface area (Å²) in [5.41, 5.74) is 9.68. The van der Waals surface area contributed by atoms with E-state index < -0.39 is 5.97 Å². The van der Waals surface area contributed by atoms with Crippen molar-refractivity contribution in [3.05, 3.63) is 82.4 Å². The summed E-state index contributed by atoms with van der Waals surface area (Å²) in [5, 5.41) is 13.6. The number of rotatable bonds is 9.